The van der Waals surface area contributed by atoms with Crippen LogP contribution in [0.1, 0.15) is 168 Å². The molecule has 9 heteroatoms. The van der Waals surface area contributed by atoms with Gasteiger partial charge in [0.05, 0.1) is 25.4 Å². The van der Waals surface area contributed by atoms with E-state index >= 15 is 0 Å². The lowest BCUT2D eigenvalue weighted by molar-refractivity contribution is -0.302. The van der Waals surface area contributed by atoms with Crippen molar-refractivity contribution in [2.45, 2.75) is 211 Å². The lowest BCUT2D eigenvalue weighted by Crippen LogP contribution is -2.60. The summed E-state index contributed by atoms with van der Waals surface area (Å²) in [5.41, 5.74) is 0. The van der Waals surface area contributed by atoms with Crippen LogP contribution in [0.5, 0.6) is 0 Å². The number of nitrogens with one attached hydrogen (secondary N) is 1. The third-order valence-electron chi connectivity index (χ3n) is 9.95. The second-order valence-electron chi connectivity index (χ2n) is 14.8. The monoisotopic (exact) mass is 750 g/mol. The van der Waals surface area contributed by atoms with Crippen molar-refractivity contribution >= 4 is 5.91 Å². The fourth-order valence-corrected chi connectivity index (χ4v) is 6.50. The summed E-state index contributed by atoms with van der Waals surface area (Å²) in [7, 11) is 0. The van der Waals surface area contributed by atoms with Gasteiger partial charge in [0.15, 0.2) is 6.29 Å². The summed E-state index contributed by atoms with van der Waals surface area (Å²) in [5, 5.41) is 54.0. The molecule has 9 nitrogen and oxygen atoms in total. The lowest BCUT2D eigenvalue weighted by atomic mass is 9.99. The normalized spacial score (nSPS) is 22.1. The second-order valence-corrected chi connectivity index (χ2v) is 14.8. The average molecular weight is 750 g/mol. The van der Waals surface area contributed by atoms with Gasteiger partial charge in [-0.15, -0.1) is 0 Å². The molecule has 0 aliphatic carbocycles. The van der Waals surface area contributed by atoms with E-state index in [9.17, 15) is 30.3 Å². The number of unbranched alkanes of at least 4 members (excludes halogenated alkanes) is 16. The molecular weight excluding hydrogens is 670 g/mol. The quantitative estimate of drug-likeness (QED) is 0.0285. The first-order valence-electron chi connectivity index (χ1n) is 21.3. The van der Waals surface area contributed by atoms with Crippen molar-refractivity contribution in [3.8, 4) is 0 Å². The van der Waals surface area contributed by atoms with E-state index in [0.717, 1.165) is 70.6 Å². The van der Waals surface area contributed by atoms with Gasteiger partial charge >= 0.3 is 0 Å². The largest absolute Gasteiger partial charge is 0.394 e. The highest BCUT2D eigenvalue weighted by Crippen LogP contribution is 2.23. The molecule has 1 aliphatic heterocycles. The minimum absolute atomic E-state index is 0.142. The van der Waals surface area contributed by atoms with Crippen LogP contribution in [0.3, 0.4) is 0 Å². The van der Waals surface area contributed by atoms with E-state index in [1.165, 1.54) is 70.6 Å². The molecule has 0 aromatic heterocycles. The summed E-state index contributed by atoms with van der Waals surface area (Å²) in [4.78, 5) is 12.9. The topological polar surface area (TPSA) is 149 Å². The summed E-state index contributed by atoms with van der Waals surface area (Å²) in [6.07, 6.45) is 35.7. The van der Waals surface area contributed by atoms with Gasteiger partial charge in [0.1, 0.15) is 24.4 Å². The molecule has 1 aliphatic rings. The highest BCUT2D eigenvalue weighted by Gasteiger charge is 2.44. The zero-order valence-electron chi connectivity index (χ0n) is 33.5. The number of allylic oxidation sites excluding steroid dienone is 8. The molecule has 6 N–H and O–H groups in total. The zero-order chi connectivity index (χ0) is 38.8. The minimum Gasteiger partial charge on any atom is -0.394 e. The average Bonchev–Trinajstić information content (AvgIpc) is 3.16. The highest BCUT2D eigenvalue weighted by atomic mass is 16.7. The van der Waals surface area contributed by atoms with Gasteiger partial charge in [0.25, 0.3) is 0 Å². The fourth-order valence-electron chi connectivity index (χ4n) is 6.50. The summed E-state index contributed by atoms with van der Waals surface area (Å²) in [6, 6.07) is -0.719. The van der Waals surface area contributed by atoms with E-state index in [0.29, 0.717) is 12.8 Å². The Hall–Kier alpha value is -1.85. The zero-order valence-corrected chi connectivity index (χ0v) is 33.5. The van der Waals surface area contributed by atoms with Gasteiger partial charge in [-0.2, -0.15) is 0 Å². The number of aliphatic hydroxyl groups is 5. The van der Waals surface area contributed by atoms with Crippen molar-refractivity contribution in [3.63, 3.8) is 0 Å². The number of amides is 1. The first kappa shape index (κ1) is 49.2. The molecular formula is C44H79NO8. The Labute approximate surface area is 323 Å². The van der Waals surface area contributed by atoms with Gasteiger partial charge in [-0.1, -0.05) is 159 Å². The van der Waals surface area contributed by atoms with Crippen LogP contribution in [0.2, 0.25) is 0 Å². The summed E-state index contributed by atoms with van der Waals surface area (Å²) in [5.74, 6) is -0.156. The van der Waals surface area contributed by atoms with E-state index in [4.69, 9.17) is 9.47 Å². The Bertz CT molecular complexity index is 967. The maximum atomic E-state index is 12.9. The summed E-state index contributed by atoms with van der Waals surface area (Å²) >= 11 is 0. The Morgan fingerprint density at radius 3 is 1.74 bits per heavy atom. The number of rotatable bonds is 34. The summed E-state index contributed by atoms with van der Waals surface area (Å²) < 4.78 is 11.2. The number of carbonyl (C=O) groups excluding carboxylic acids is 1. The molecule has 1 fully saturated rings. The standard InChI is InChI=1S/C44H79NO8/c1-3-5-7-9-11-12-13-14-15-16-17-18-19-20-21-22-23-24-25-26-28-30-32-34-40(48)45-37(38(47)33-31-29-27-10-8-6-4-2)36-52-44-43(51)42(50)41(49)39(35-46)53-44/h5,7,11-12,14-15,17-18,37-39,41-44,46-47,49-51H,3-4,6,8-10,13,16,19-36H2,1-2H3,(H,45,48)/b7-5-,12-11-,15-14-,18-17-. The number of aliphatic hydroxyl groups excluding tert-OH is 5. The molecule has 308 valence electrons. The second kappa shape index (κ2) is 34.6. The van der Waals surface area contributed by atoms with Gasteiger partial charge in [-0.3, -0.25) is 4.79 Å². The molecule has 0 radical (unpaired) electrons. The maximum absolute atomic E-state index is 12.9. The van der Waals surface area contributed by atoms with Crippen LogP contribution in [-0.2, 0) is 14.3 Å². The first-order chi connectivity index (χ1) is 25.8. The van der Waals surface area contributed by atoms with E-state index in [-0.39, 0.29) is 12.5 Å². The van der Waals surface area contributed by atoms with E-state index < -0.39 is 49.5 Å². The SMILES string of the molecule is CC/C=C\C/C=C\C/C=C\C/C=C\CCCCCCCCCCCCC(=O)NC(COC1OC(CO)C(O)C(O)C1O)C(O)CCCCCCCCC. The van der Waals surface area contributed by atoms with Gasteiger partial charge in [0, 0.05) is 6.42 Å². The Kier molecular flexibility index (Phi) is 32.1. The third-order valence-corrected chi connectivity index (χ3v) is 9.95. The van der Waals surface area contributed by atoms with E-state index in [1.807, 2.05) is 0 Å². The summed E-state index contributed by atoms with van der Waals surface area (Å²) in [6.45, 7) is 3.65. The van der Waals surface area contributed by atoms with Gasteiger partial charge in [-0.25, -0.2) is 0 Å². The predicted molar refractivity (Wildman–Crippen MR) is 216 cm³/mol. The maximum Gasteiger partial charge on any atom is 0.220 e. The predicted octanol–water partition coefficient (Wildman–Crippen LogP) is 8.28. The molecule has 7 atom stereocenters. The smallest absolute Gasteiger partial charge is 0.220 e. The van der Waals surface area contributed by atoms with Gasteiger partial charge in [-0.05, 0) is 51.4 Å². The molecule has 0 aromatic carbocycles. The van der Waals surface area contributed by atoms with Crippen LogP contribution in [0.25, 0.3) is 0 Å². The Morgan fingerprint density at radius 2 is 1.17 bits per heavy atom. The Morgan fingerprint density at radius 1 is 0.660 bits per heavy atom. The van der Waals surface area contributed by atoms with Crippen LogP contribution >= 0.6 is 0 Å². The van der Waals surface area contributed by atoms with Crippen LogP contribution < -0.4 is 5.32 Å². The molecule has 0 spiro atoms. The van der Waals surface area contributed by atoms with Gasteiger partial charge in [0.2, 0.25) is 5.91 Å². The van der Waals surface area contributed by atoms with Crippen LogP contribution in [0, 0.1) is 0 Å². The van der Waals surface area contributed by atoms with Crippen molar-refractivity contribution in [1.29, 1.82) is 0 Å². The van der Waals surface area contributed by atoms with Crippen molar-refractivity contribution < 1.29 is 39.8 Å². The fraction of sp³-hybridized carbons (Fsp3) is 0.795. The molecule has 53 heavy (non-hydrogen) atoms. The van der Waals surface area contributed by atoms with Gasteiger partial charge < -0.3 is 40.3 Å². The lowest BCUT2D eigenvalue weighted by Gasteiger charge is -2.40. The minimum atomic E-state index is -1.55. The van der Waals surface area contributed by atoms with Crippen molar-refractivity contribution in [2.24, 2.45) is 0 Å². The molecule has 7 unspecified atom stereocenters. The molecule has 0 saturated carbocycles. The molecule has 0 aromatic rings. The molecule has 1 amide bonds. The van der Waals surface area contributed by atoms with Crippen LogP contribution in [0.15, 0.2) is 48.6 Å². The van der Waals surface area contributed by atoms with E-state index in [2.05, 4.69) is 67.8 Å². The molecule has 1 rings (SSSR count). The Balaban J connectivity index is 2.23. The number of ether oxygens (including phenoxy) is 2. The van der Waals surface area contributed by atoms with Crippen molar-refractivity contribution in [2.75, 3.05) is 13.2 Å². The number of carbonyl (C=O) groups is 1. The highest BCUT2D eigenvalue weighted by molar-refractivity contribution is 5.76. The number of hydrogen-bond donors (Lipinski definition) is 6. The molecule has 1 saturated heterocycles. The third kappa shape index (κ3) is 25.8. The first-order valence-corrected chi connectivity index (χ1v) is 21.3. The molecule has 0 bridgehead atoms. The van der Waals surface area contributed by atoms with E-state index in [1.54, 1.807) is 0 Å². The van der Waals surface area contributed by atoms with Crippen molar-refractivity contribution in [3.05, 3.63) is 48.6 Å². The van der Waals surface area contributed by atoms with Crippen molar-refractivity contribution in [1.82, 2.24) is 5.32 Å². The number of hydrogen-bond acceptors (Lipinski definition) is 8. The molecule has 1 heterocycles. The van der Waals surface area contributed by atoms with Crippen LogP contribution in [0.4, 0.5) is 0 Å². The van der Waals surface area contributed by atoms with Crippen LogP contribution in [-0.4, -0.2) is 87.5 Å².